The molecule has 1 aliphatic heterocycles. The smallest absolute Gasteiger partial charge is 0.242 e. The number of piperazine rings is 1. The Kier molecular flexibility index (Phi) is 3.87. The van der Waals surface area contributed by atoms with Crippen molar-refractivity contribution in [1.82, 2.24) is 5.32 Å². The van der Waals surface area contributed by atoms with Crippen LogP contribution in [0.3, 0.4) is 0 Å². The fourth-order valence-corrected chi connectivity index (χ4v) is 2.26. The van der Waals surface area contributed by atoms with Gasteiger partial charge in [0.25, 0.3) is 0 Å². The number of hydrogen-bond donors (Lipinski definition) is 2. The Labute approximate surface area is 108 Å². The maximum atomic E-state index is 11.6. The van der Waals surface area contributed by atoms with Crippen LogP contribution in [0.5, 0.6) is 0 Å². The van der Waals surface area contributed by atoms with Gasteiger partial charge in [-0.3, -0.25) is 4.79 Å². The second-order valence-electron chi connectivity index (χ2n) is 4.68. The number of amides is 1. The lowest BCUT2D eigenvalue weighted by atomic mass is 10.1. The van der Waals surface area contributed by atoms with Gasteiger partial charge in [-0.25, -0.2) is 0 Å². The molecule has 0 aromatic heterocycles. The molecule has 1 aliphatic rings. The molecule has 2 rings (SSSR count). The van der Waals surface area contributed by atoms with Crippen molar-refractivity contribution >= 4 is 11.6 Å². The van der Waals surface area contributed by atoms with Crippen molar-refractivity contribution in [3.05, 3.63) is 29.8 Å². The predicted octanol–water partition coefficient (Wildman–Crippen LogP) is 1.45. The summed E-state index contributed by atoms with van der Waals surface area (Å²) in [6, 6.07) is 7.68. The molecule has 1 unspecified atom stereocenters. The molecule has 0 bridgehead atoms. The van der Waals surface area contributed by atoms with Crippen LogP contribution in [0.4, 0.5) is 5.69 Å². The molecule has 1 saturated heterocycles. The Morgan fingerprint density at radius 2 is 2.11 bits per heavy atom. The molecule has 4 nitrogen and oxygen atoms in total. The largest absolute Gasteiger partial charge is 0.388 e. The summed E-state index contributed by atoms with van der Waals surface area (Å²) in [6.45, 7) is 5.37. The Morgan fingerprint density at radius 1 is 1.44 bits per heavy atom. The molecule has 1 aromatic carbocycles. The zero-order valence-corrected chi connectivity index (χ0v) is 10.9. The molecular formula is C14H20N2O2. The van der Waals surface area contributed by atoms with Crippen LogP contribution >= 0.6 is 0 Å². The number of carbonyl (C=O) groups is 1. The highest BCUT2D eigenvalue weighted by Gasteiger charge is 2.25. The normalized spacial score (nSPS) is 21.6. The lowest BCUT2D eigenvalue weighted by Gasteiger charge is -2.34. The van der Waals surface area contributed by atoms with Gasteiger partial charge in [0.15, 0.2) is 0 Å². The van der Waals surface area contributed by atoms with Crippen LogP contribution in [0, 0.1) is 0 Å². The molecule has 0 aliphatic carbocycles. The van der Waals surface area contributed by atoms with Gasteiger partial charge >= 0.3 is 0 Å². The summed E-state index contributed by atoms with van der Waals surface area (Å²) in [6.07, 6.45) is 0.308. The second kappa shape index (κ2) is 5.40. The first-order valence-corrected chi connectivity index (χ1v) is 6.46. The molecule has 2 N–H and O–H groups in total. The van der Waals surface area contributed by atoms with E-state index in [0.29, 0.717) is 13.0 Å². The van der Waals surface area contributed by atoms with Crippen LogP contribution in [0.1, 0.15) is 31.9 Å². The molecule has 1 amide bonds. The lowest BCUT2D eigenvalue weighted by Crippen LogP contribution is -2.54. The monoisotopic (exact) mass is 248 g/mol. The number of benzene rings is 1. The van der Waals surface area contributed by atoms with E-state index in [0.717, 1.165) is 17.8 Å². The maximum absolute atomic E-state index is 11.6. The van der Waals surface area contributed by atoms with Gasteiger partial charge in [0, 0.05) is 18.8 Å². The van der Waals surface area contributed by atoms with Crippen molar-refractivity contribution in [2.75, 3.05) is 18.0 Å². The summed E-state index contributed by atoms with van der Waals surface area (Å²) in [5.41, 5.74) is 1.96. The third-order valence-electron chi connectivity index (χ3n) is 3.50. The van der Waals surface area contributed by atoms with E-state index in [1.807, 2.05) is 38.1 Å². The topological polar surface area (TPSA) is 52.6 Å². The van der Waals surface area contributed by atoms with Crippen molar-refractivity contribution in [2.45, 2.75) is 32.4 Å². The Bertz CT molecular complexity index is 416. The zero-order chi connectivity index (χ0) is 13.1. The number of anilines is 1. The molecule has 0 radical (unpaired) electrons. The lowest BCUT2D eigenvalue weighted by molar-refractivity contribution is -0.122. The average Bonchev–Trinajstić information content (AvgIpc) is 2.41. The maximum Gasteiger partial charge on any atom is 0.242 e. The molecule has 2 atom stereocenters. The number of aliphatic hydroxyl groups excluding tert-OH is 1. The summed E-state index contributed by atoms with van der Waals surface area (Å²) < 4.78 is 0. The van der Waals surface area contributed by atoms with Crippen LogP contribution < -0.4 is 10.2 Å². The molecule has 1 fully saturated rings. The van der Waals surface area contributed by atoms with Crippen LogP contribution in [0.25, 0.3) is 0 Å². The van der Waals surface area contributed by atoms with Crippen molar-refractivity contribution in [3.63, 3.8) is 0 Å². The van der Waals surface area contributed by atoms with E-state index in [-0.39, 0.29) is 11.9 Å². The highest BCUT2D eigenvalue weighted by atomic mass is 16.3. The first-order chi connectivity index (χ1) is 8.63. The van der Waals surface area contributed by atoms with E-state index in [1.165, 1.54) is 0 Å². The van der Waals surface area contributed by atoms with E-state index < -0.39 is 6.10 Å². The zero-order valence-electron chi connectivity index (χ0n) is 10.9. The van der Waals surface area contributed by atoms with Gasteiger partial charge in [-0.15, -0.1) is 0 Å². The molecule has 0 saturated carbocycles. The van der Waals surface area contributed by atoms with Crippen molar-refractivity contribution in [3.8, 4) is 0 Å². The Hall–Kier alpha value is -1.55. The minimum absolute atomic E-state index is 0.0684. The average molecular weight is 248 g/mol. The number of aliphatic hydroxyl groups is 1. The molecule has 0 spiro atoms. The second-order valence-corrected chi connectivity index (χ2v) is 4.68. The summed E-state index contributed by atoms with van der Waals surface area (Å²) >= 11 is 0. The minimum Gasteiger partial charge on any atom is -0.388 e. The van der Waals surface area contributed by atoms with Crippen LogP contribution in [-0.2, 0) is 4.79 Å². The first kappa shape index (κ1) is 12.9. The van der Waals surface area contributed by atoms with Gasteiger partial charge in [-0.1, -0.05) is 19.1 Å². The summed E-state index contributed by atoms with van der Waals surface area (Å²) in [5.74, 6) is 0.0684. The SMILES string of the molecule is CC[C@H](O)c1ccc(N2CCNC(=O)C2C)cc1. The quantitative estimate of drug-likeness (QED) is 0.851. The third kappa shape index (κ3) is 2.48. The molecule has 98 valence electrons. The van der Waals surface area contributed by atoms with Crippen LogP contribution in [0.2, 0.25) is 0 Å². The Morgan fingerprint density at radius 3 is 2.72 bits per heavy atom. The van der Waals surface area contributed by atoms with E-state index in [9.17, 15) is 9.90 Å². The highest BCUT2D eigenvalue weighted by molar-refractivity contribution is 5.86. The van der Waals surface area contributed by atoms with Crippen LogP contribution in [0.15, 0.2) is 24.3 Å². The molecular weight excluding hydrogens is 228 g/mol. The number of carbonyl (C=O) groups excluding carboxylic acids is 1. The van der Waals surface area contributed by atoms with E-state index in [2.05, 4.69) is 10.2 Å². The van der Waals surface area contributed by atoms with Crippen molar-refractivity contribution < 1.29 is 9.90 Å². The van der Waals surface area contributed by atoms with Crippen LogP contribution in [-0.4, -0.2) is 30.1 Å². The standard InChI is InChI=1S/C14H20N2O2/c1-3-13(17)11-4-6-12(7-5-11)16-9-8-15-14(18)10(16)2/h4-7,10,13,17H,3,8-9H2,1-2H3,(H,15,18)/t10?,13-/m0/s1. The number of hydrogen-bond acceptors (Lipinski definition) is 3. The Balaban J connectivity index is 2.16. The van der Waals surface area contributed by atoms with Gasteiger partial charge in [0.05, 0.1) is 6.10 Å². The summed E-state index contributed by atoms with van der Waals surface area (Å²) in [7, 11) is 0. The highest BCUT2D eigenvalue weighted by Crippen LogP contribution is 2.23. The molecule has 1 aromatic rings. The number of nitrogens with zero attached hydrogens (tertiary/aromatic N) is 1. The minimum atomic E-state index is -0.402. The molecule has 4 heteroatoms. The third-order valence-corrected chi connectivity index (χ3v) is 3.50. The van der Waals surface area contributed by atoms with Crippen molar-refractivity contribution in [2.24, 2.45) is 0 Å². The van der Waals surface area contributed by atoms with E-state index >= 15 is 0 Å². The summed E-state index contributed by atoms with van der Waals surface area (Å²) in [5, 5.41) is 12.6. The predicted molar refractivity (Wildman–Crippen MR) is 71.5 cm³/mol. The van der Waals surface area contributed by atoms with E-state index in [1.54, 1.807) is 0 Å². The van der Waals surface area contributed by atoms with Crippen molar-refractivity contribution in [1.29, 1.82) is 0 Å². The fourth-order valence-electron chi connectivity index (χ4n) is 2.26. The van der Waals surface area contributed by atoms with Gasteiger partial charge in [0.1, 0.15) is 6.04 Å². The van der Waals surface area contributed by atoms with Gasteiger partial charge in [0.2, 0.25) is 5.91 Å². The molecule has 18 heavy (non-hydrogen) atoms. The number of rotatable bonds is 3. The van der Waals surface area contributed by atoms with Gasteiger partial charge < -0.3 is 15.3 Å². The summed E-state index contributed by atoms with van der Waals surface area (Å²) in [4.78, 5) is 13.7. The number of nitrogens with one attached hydrogen (secondary N) is 1. The molecule has 1 heterocycles. The van der Waals surface area contributed by atoms with Gasteiger partial charge in [-0.2, -0.15) is 0 Å². The fraction of sp³-hybridized carbons (Fsp3) is 0.500. The van der Waals surface area contributed by atoms with Gasteiger partial charge in [-0.05, 0) is 31.0 Å². The van der Waals surface area contributed by atoms with E-state index in [4.69, 9.17) is 0 Å². The first-order valence-electron chi connectivity index (χ1n) is 6.46.